The first-order chi connectivity index (χ1) is 13.2. The van der Waals surface area contributed by atoms with Crippen LogP contribution in [-0.4, -0.2) is 33.1 Å². The van der Waals surface area contributed by atoms with Crippen molar-refractivity contribution in [2.45, 2.75) is 12.5 Å². The van der Waals surface area contributed by atoms with Crippen LogP contribution in [0.5, 0.6) is 23.0 Å². The number of methoxy groups -OCH3 is 3. The fourth-order valence-electron chi connectivity index (χ4n) is 4.01. The van der Waals surface area contributed by atoms with Crippen LogP contribution in [0.2, 0.25) is 0 Å². The van der Waals surface area contributed by atoms with E-state index in [0.29, 0.717) is 11.5 Å². The molecule has 138 valence electrons. The van der Waals surface area contributed by atoms with Gasteiger partial charge in [0.25, 0.3) is 0 Å². The zero-order valence-corrected chi connectivity index (χ0v) is 15.4. The van der Waals surface area contributed by atoms with Gasteiger partial charge in [0, 0.05) is 36.7 Å². The summed E-state index contributed by atoms with van der Waals surface area (Å²) < 4.78 is 27.9. The Morgan fingerprint density at radius 1 is 0.926 bits per heavy atom. The second-order valence-electron chi connectivity index (χ2n) is 6.60. The molecule has 1 atom stereocenters. The summed E-state index contributed by atoms with van der Waals surface area (Å²) in [4.78, 5) is 4.67. The van der Waals surface area contributed by atoms with E-state index in [-0.39, 0.29) is 12.9 Å². The Kier molecular flexibility index (Phi) is 3.62. The summed E-state index contributed by atoms with van der Waals surface area (Å²) in [6.45, 7) is 0.237. The Labute approximate surface area is 156 Å². The predicted molar refractivity (Wildman–Crippen MR) is 99.9 cm³/mol. The van der Waals surface area contributed by atoms with E-state index >= 15 is 0 Å². The first kappa shape index (κ1) is 16.2. The Bertz CT molecular complexity index is 1060. The molecule has 0 N–H and O–H groups in total. The summed E-state index contributed by atoms with van der Waals surface area (Å²) in [6.07, 6.45) is 2.55. The van der Waals surface area contributed by atoms with Gasteiger partial charge in [-0.2, -0.15) is 0 Å². The maximum atomic E-state index is 5.86. The molecule has 2 heterocycles. The van der Waals surface area contributed by atoms with Gasteiger partial charge >= 0.3 is 0 Å². The van der Waals surface area contributed by atoms with Crippen molar-refractivity contribution in [3.8, 4) is 34.1 Å². The highest BCUT2D eigenvalue weighted by Crippen LogP contribution is 2.48. The lowest BCUT2D eigenvalue weighted by Gasteiger charge is -2.28. The molecule has 1 aliphatic carbocycles. The molecule has 3 aromatic rings. The summed E-state index contributed by atoms with van der Waals surface area (Å²) >= 11 is 0. The van der Waals surface area contributed by atoms with Crippen LogP contribution in [0, 0.1) is 0 Å². The van der Waals surface area contributed by atoms with Crippen molar-refractivity contribution >= 4 is 10.9 Å². The number of nitrogens with zero attached hydrogens (tertiary/aromatic N) is 1. The zero-order valence-electron chi connectivity index (χ0n) is 15.4. The molecular weight excluding hydrogens is 346 g/mol. The molecule has 5 rings (SSSR count). The van der Waals surface area contributed by atoms with Crippen molar-refractivity contribution in [1.82, 2.24) is 4.98 Å². The topological polar surface area (TPSA) is 59.0 Å². The second-order valence-corrected chi connectivity index (χ2v) is 6.60. The Morgan fingerprint density at radius 2 is 1.67 bits per heavy atom. The van der Waals surface area contributed by atoms with Gasteiger partial charge in [0.05, 0.1) is 25.8 Å². The highest BCUT2D eigenvalue weighted by atomic mass is 16.7. The average Bonchev–Trinajstić information content (AvgIpc) is 3.17. The molecule has 6 nitrogen and oxygen atoms in total. The Morgan fingerprint density at radius 3 is 2.41 bits per heavy atom. The van der Waals surface area contributed by atoms with Crippen LogP contribution in [0.15, 0.2) is 30.5 Å². The molecule has 0 bridgehead atoms. The number of pyridine rings is 1. The van der Waals surface area contributed by atoms with Crippen LogP contribution < -0.4 is 18.9 Å². The molecular formula is C21H19NO5. The van der Waals surface area contributed by atoms with Crippen molar-refractivity contribution in [1.29, 1.82) is 0 Å². The van der Waals surface area contributed by atoms with Crippen molar-refractivity contribution in [2.24, 2.45) is 0 Å². The van der Waals surface area contributed by atoms with Crippen molar-refractivity contribution < 1.29 is 23.7 Å². The number of hydrogen-bond acceptors (Lipinski definition) is 6. The van der Waals surface area contributed by atoms with Crippen LogP contribution in [0.1, 0.15) is 17.2 Å². The minimum atomic E-state index is -0.0866. The van der Waals surface area contributed by atoms with Gasteiger partial charge in [-0.25, -0.2) is 0 Å². The summed E-state index contributed by atoms with van der Waals surface area (Å²) in [5.74, 6) is 2.88. The zero-order chi connectivity index (χ0) is 18.5. The van der Waals surface area contributed by atoms with E-state index in [2.05, 4.69) is 4.98 Å². The number of fused-ring (bicyclic) bond motifs is 6. The monoisotopic (exact) mass is 365 g/mol. The number of rotatable bonds is 3. The van der Waals surface area contributed by atoms with Gasteiger partial charge in [-0.15, -0.1) is 0 Å². The minimum absolute atomic E-state index is 0.0866. The Balaban J connectivity index is 1.80. The number of ether oxygens (including phenoxy) is 5. The van der Waals surface area contributed by atoms with Gasteiger partial charge in [0.15, 0.2) is 23.0 Å². The normalized spacial score (nSPS) is 16.8. The quantitative estimate of drug-likeness (QED) is 0.702. The van der Waals surface area contributed by atoms with Crippen LogP contribution in [0.25, 0.3) is 22.0 Å². The van der Waals surface area contributed by atoms with E-state index in [0.717, 1.165) is 51.1 Å². The lowest BCUT2D eigenvalue weighted by atomic mass is 9.82. The van der Waals surface area contributed by atoms with E-state index in [4.69, 9.17) is 23.7 Å². The van der Waals surface area contributed by atoms with Crippen LogP contribution in [0.3, 0.4) is 0 Å². The number of benzene rings is 2. The van der Waals surface area contributed by atoms with Gasteiger partial charge in [-0.3, -0.25) is 4.98 Å². The summed E-state index contributed by atoms with van der Waals surface area (Å²) in [7, 11) is 5.02. The van der Waals surface area contributed by atoms with E-state index in [9.17, 15) is 0 Å². The van der Waals surface area contributed by atoms with Crippen molar-refractivity contribution in [3.05, 3.63) is 41.6 Å². The fourth-order valence-corrected chi connectivity index (χ4v) is 4.01. The van der Waals surface area contributed by atoms with E-state index in [1.54, 1.807) is 21.3 Å². The molecule has 0 saturated carbocycles. The molecule has 1 unspecified atom stereocenters. The third kappa shape index (κ3) is 2.33. The minimum Gasteiger partial charge on any atom is -0.493 e. The summed E-state index contributed by atoms with van der Waals surface area (Å²) in [5.41, 5.74) is 5.25. The largest absolute Gasteiger partial charge is 0.493 e. The molecule has 2 aliphatic rings. The van der Waals surface area contributed by atoms with E-state index in [1.807, 2.05) is 30.5 Å². The lowest BCUT2D eigenvalue weighted by Crippen LogP contribution is -2.14. The molecule has 0 fully saturated rings. The molecule has 1 aliphatic heterocycles. The van der Waals surface area contributed by atoms with Crippen LogP contribution >= 0.6 is 0 Å². The third-order valence-corrected chi connectivity index (χ3v) is 5.32. The fraction of sp³-hybridized carbons (Fsp3) is 0.286. The SMILES string of the molecule is COc1cc2c(cc1OC)-c1cnc3cc4c(cc3c1C(OC)C2)OCO4. The first-order valence-electron chi connectivity index (χ1n) is 8.73. The molecule has 1 aromatic heterocycles. The smallest absolute Gasteiger partial charge is 0.231 e. The van der Waals surface area contributed by atoms with E-state index in [1.165, 1.54) is 0 Å². The van der Waals surface area contributed by atoms with Gasteiger partial charge in [0.1, 0.15) is 0 Å². The average molecular weight is 365 g/mol. The number of hydrogen-bond donors (Lipinski definition) is 0. The predicted octanol–water partition coefficient (Wildman–Crippen LogP) is 3.89. The van der Waals surface area contributed by atoms with Crippen LogP contribution in [-0.2, 0) is 11.2 Å². The molecule has 2 aromatic carbocycles. The summed E-state index contributed by atoms with van der Waals surface area (Å²) in [5, 5.41) is 1.02. The molecule has 0 spiro atoms. The molecule has 27 heavy (non-hydrogen) atoms. The van der Waals surface area contributed by atoms with Gasteiger partial charge < -0.3 is 23.7 Å². The molecule has 6 heteroatoms. The van der Waals surface area contributed by atoms with Crippen molar-refractivity contribution in [2.75, 3.05) is 28.1 Å². The van der Waals surface area contributed by atoms with Gasteiger partial charge in [0.2, 0.25) is 6.79 Å². The van der Waals surface area contributed by atoms with Crippen LogP contribution in [0.4, 0.5) is 0 Å². The number of aromatic nitrogens is 1. The maximum absolute atomic E-state index is 5.86. The highest BCUT2D eigenvalue weighted by Gasteiger charge is 2.30. The van der Waals surface area contributed by atoms with Gasteiger partial charge in [-0.1, -0.05) is 0 Å². The maximum Gasteiger partial charge on any atom is 0.231 e. The Hall–Kier alpha value is -2.99. The molecule has 0 radical (unpaired) electrons. The third-order valence-electron chi connectivity index (χ3n) is 5.32. The lowest BCUT2D eigenvalue weighted by molar-refractivity contribution is 0.104. The highest BCUT2D eigenvalue weighted by molar-refractivity contribution is 5.93. The summed E-state index contributed by atoms with van der Waals surface area (Å²) in [6, 6.07) is 7.96. The first-order valence-corrected chi connectivity index (χ1v) is 8.73. The molecule has 0 amide bonds. The standard InChI is InChI=1S/C21H19NO5/c1-23-16-4-11-5-20(25-3)21-13-7-18-19(27-10-26-18)8-15(13)22-9-14(21)12(11)6-17(16)24-2/h4,6-9,20H,5,10H2,1-3H3. The second kappa shape index (κ2) is 6.03. The van der Waals surface area contributed by atoms with E-state index < -0.39 is 0 Å². The van der Waals surface area contributed by atoms with Gasteiger partial charge in [-0.05, 0) is 34.9 Å². The molecule has 0 saturated heterocycles. The van der Waals surface area contributed by atoms with Crippen molar-refractivity contribution in [3.63, 3.8) is 0 Å².